The predicted octanol–water partition coefficient (Wildman–Crippen LogP) is 3.31. The number of carbonyl (C=O) groups excluding carboxylic acids is 1. The van der Waals surface area contributed by atoms with Crippen molar-refractivity contribution in [2.24, 2.45) is 0 Å². The molecule has 1 aromatic heterocycles. The number of urea groups is 1. The Morgan fingerprint density at radius 3 is 2.52 bits per heavy atom. The van der Waals surface area contributed by atoms with Gasteiger partial charge in [0.2, 0.25) is 10.0 Å². The van der Waals surface area contributed by atoms with Crippen LogP contribution in [-0.4, -0.2) is 54.8 Å². The summed E-state index contributed by atoms with van der Waals surface area (Å²) in [6.07, 6.45) is 0. The number of thiazole rings is 1. The molecule has 7 nitrogen and oxygen atoms in total. The normalized spacial score (nSPS) is 16.1. The number of nitrogens with zero attached hydrogens (tertiary/aromatic N) is 3. The molecule has 0 bridgehead atoms. The number of nitrogens with one attached hydrogen (secondary N) is 1. The Kier molecular flexibility index (Phi) is 6.52. The van der Waals surface area contributed by atoms with Crippen LogP contribution >= 0.6 is 22.9 Å². The maximum absolute atomic E-state index is 12.8. The van der Waals surface area contributed by atoms with Crippen LogP contribution in [0.4, 0.5) is 4.79 Å². The average Bonchev–Trinajstić information content (AvgIpc) is 3.16. The number of carbonyl (C=O) groups is 1. The molecule has 158 valence electrons. The molecule has 1 aromatic carbocycles. The Bertz CT molecular complexity index is 977. The number of amides is 2. The van der Waals surface area contributed by atoms with Crippen LogP contribution in [0.2, 0.25) is 5.02 Å². The van der Waals surface area contributed by atoms with Gasteiger partial charge >= 0.3 is 6.03 Å². The van der Waals surface area contributed by atoms with Gasteiger partial charge in [0.15, 0.2) is 0 Å². The summed E-state index contributed by atoms with van der Waals surface area (Å²) in [5, 5.41) is 6.23. The van der Waals surface area contributed by atoms with Crippen molar-refractivity contribution in [1.29, 1.82) is 0 Å². The van der Waals surface area contributed by atoms with Crippen molar-refractivity contribution in [2.75, 3.05) is 26.2 Å². The zero-order chi connectivity index (χ0) is 21.2. The summed E-state index contributed by atoms with van der Waals surface area (Å²) in [6, 6.07) is 6.00. The molecule has 0 atom stereocenters. The van der Waals surface area contributed by atoms with Gasteiger partial charge < -0.3 is 10.2 Å². The van der Waals surface area contributed by atoms with Crippen LogP contribution in [-0.2, 0) is 22.0 Å². The maximum Gasteiger partial charge on any atom is 0.317 e. The molecule has 2 amide bonds. The highest BCUT2D eigenvalue weighted by molar-refractivity contribution is 7.89. The maximum atomic E-state index is 12.8. The van der Waals surface area contributed by atoms with Crippen molar-refractivity contribution in [3.63, 3.8) is 0 Å². The third-order valence-corrected chi connectivity index (χ3v) is 8.02. The number of piperazine rings is 1. The first kappa shape index (κ1) is 22.0. The van der Waals surface area contributed by atoms with Crippen LogP contribution in [0.15, 0.2) is 34.5 Å². The van der Waals surface area contributed by atoms with Gasteiger partial charge in [-0.2, -0.15) is 4.31 Å². The molecule has 29 heavy (non-hydrogen) atoms. The van der Waals surface area contributed by atoms with Gasteiger partial charge in [0, 0.05) is 42.0 Å². The lowest BCUT2D eigenvalue weighted by Crippen LogP contribution is -2.52. The fraction of sp³-hybridized carbons (Fsp3) is 0.474. The van der Waals surface area contributed by atoms with Crippen LogP contribution in [0.25, 0.3) is 0 Å². The van der Waals surface area contributed by atoms with Crippen LogP contribution in [0.5, 0.6) is 0 Å². The van der Waals surface area contributed by atoms with Gasteiger partial charge in [-0.3, -0.25) is 0 Å². The lowest BCUT2D eigenvalue weighted by atomic mass is 9.98. The van der Waals surface area contributed by atoms with Gasteiger partial charge in [-0.05, 0) is 18.2 Å². The number of sulfonamides is 1. The number of halogens is 1. The molecule has 1 aliphatic heterocycles. The topological polar surface area (TPSA) is 82.6 Å². The molecule has 0 unspecified atom stereocenters. The van der Waals surface area contributed by atoms with Crippen molar-refractivity contribution in [3.05, 3.63) is 45.4 Å². The van der Waals surface area contributed by atoms with E-state index in [1.54, 1.807) is 28.4 Å². The van der Waals surface area contributed by atoms with E-state index in [1.807, 2.05) is 5.38 Å². The highest BCUT2D eigenvalue weighted by Crippen LogP contribution is 2.25. The molecule has 0 saturated carbocycles. The Balaban J connectivity index is 1.54. The van der Waals surface area contributed by atoms with E-state index in [-0.39, 0.29) is 29.4 Å². The fourth-order valence-electron chi connectivity index (χ4n) is 2.92. The minimum atomic E-state index is -3.62. The highest BCUT2D eigenvalue weighted by atomic mass is 35.5. The summed E-state index contributed by atoms with van der Waals surface area (Å²) in [6.45, 7) is 7.81. The van der Waals surface area contributed by atoms with Crippen molar-refractivity contribution < 1.29 is 13.2 Å². The van der Waals surface area contributed by atoms with Crippen molar-refractivity contribution in [1.82, 2.24) is 19.5 Å². The van der Waals surface area contributed by atoms with Gasteiger partial charge in [0.1, 0.15) is 0 Å². The summed E-state index contributed by atoms with van der Waals surface area (Å²) < 4.78 is 26.9. The number of hydrogen-bond donors (Lipinski definition) is 1. The van der Waals surface area contributed by atoms with E-state index >= 15 is 0 Å². The van der Waals surface area contributed by atoms with Crippen LogP contribution in [0.1, 0.15) is 31.5 Å². The van der Waals surface area contributed by atoms with E-state index in [4.69, 9.17) is 11.6 Å². The standard InChI is InChI=1S/C19H25ClN4O3S2/c1-19(2,3)17-22-15(13-28-17)12-21-18(25)23-7-9-24(10-8-23)29(26,27)16-6-4-5-14(20)11-16/h4-6,11,13H,7-10,12H2,1-3H3,(H,21,25). The molecule has 1 aliphatic rings. The van der Waals surface area contributed by atoms with Gasteiger partial charge in [0.25, 0.3) is 0 Å². The monoisotopic (exact) mass is 456 g/mol. The molecular formula is C19H25ClN4O3S2. The molecule has 1 N–H and O–H groups in total. The summed E-state index contributed by atoms with van der Waals surface area (Å²) >= 11 is 7.50. The minimum Gasteiger partial charge on any atom is -0.332 e. The zero-order valence-corrected chi connectivity index (χ0v) is 19.1. The molecule has 1 saturated heterocycles. The first-order valence-corrected chi connectivity index (χ1v) is 12.0. The molecule has 1 fully saturated rings. The summed E-state index contributed by atoms with van der Waals surface area (Å²) in [5.74, 6) is 0. The lowest BCUT2D eigenvalue weighted by Gasteiger charge is -2.34. The predicted molar refractivity (Wildman–Crippen MR) is 115 cm³/mol. The fourth-order valence-corrected chi connectivity index (χ4v) is 5.55. The Hall–Kier alpha value is -1.68. The molecule has 2 heterocycles. The van der Waals surface area contributed by atoms with Crippen molar-refractivity contribution in [3.8, 4) is 0 Å². The largest absolute Gasteiger partial charge is 0.332 e. The van der Waals surface area contributed by atoms with E-state index in [0.29, 0.717) is 24.7 Å². The van der Waals surface area contributed by atoms with E-state index in [9.17, 15) is 13.2 Å². The number of hydrogen-bond acceptors (Lipinski definition) is 5. The molecule has 0 aliphatic carbocycles. The average molecular weight is 457 g/mol. The molecule has 10 heteroatoms. The van der Waals surface area contributed by atoms with Crippen molar-refractivity contribution >= 4 is 39.0 Å². The van der Waals surface area contributed by atoms with E-state index in [1.165, 1.54) is 16.4 Å². The molecule has 3 rings (SSSR count). The molecule has 2 aromatic rings. The quantitative estimate of drug-likeness (QED) is 0.765. The summed E-state index contributed by atoms with van der Waals surface area (Å²) in [5.41, 5.74) is 0.813. The Morgan fingerprint density at radius 1 is 1.24 bits per heavy atom. The van der Waals surface area contributed by atoms with E-state index in [2.05, 4.69) is 31.1 Å². The van der Waals surface area contributed by atoms with E-state index < -0.39 is 10.0 Å². The van der Waals surface area contributed by atoms with Crippen molar-refractivity contribution in [2.45, 2.75) is 37.6 Å². The Labute approximate surface area is 180 Å². The second-order valence-electron chi connectivity index (χ2n) is 7.90. The third kappa shape index (κ3) is 5.28. The lowest BCUT2D eigenvalue weighted by molar-refractivity contribution is 0.172. The minimum absolute atomic E-state index is 0.0161. The van der Waals surface area contributed by atoms with Gasteiger partial charge in [-0.25, -0.2) is 18.2 Å². The van der Waals surface area contributed by atoms with Crippen LogP contribution in [0, 0.1) is 0 Å². The summed E-state index contributed by atoms with van der Waals surface area (Å²) in [4.78, 5) is 18.8. The number of aromatic nitrogens is 1. The van der Waals surface area contributed by atoms with Gasteiger partial charge in [-0.15, -0.1) is 11.3 Å². The Morgan fingerprint density at radius 2 is 1.93 bits per heavy atom. The van der Waals surface area contributed by atoms with Gasteiger partial charge in [-0.1, -0.05) is 38.4 Å². The first-order valence-electron chi connectivity index (χ1n) is 9.31. The molecule has 0 radical (unpaired) electrons. The third-order valence-electron chi connectivity index (χ3n) is 4.57. The molecule has 0 spiro atoms. The zero-order valence-electron chi connectivity index (χ0n) is 16.7. The second kappa shape index (κ2) is 8.59. The SMILES string of the molecule is CC(C)(C)c1nc(CNC(=O)N2CCN(S(=O)(=O)c3cccc(Cl)c3)CC2)cs1. The van der Waals surface area contributed by atoms with E-state index in [0.717, 1.165) is 10.7 Å². The molecular weight excluding hydrogens is 432 g/mol. The first-order chi connectivity index (χ1) is 13.6. The highest BCUT2D eigenvalue weighted by Gasteiger charge is 2.30. The van der Waals surface area contributed by atoms with Gasteiger partial charge in [0.05, 0.1) is 22.1 Å². The van der Waals surface area contributed by atoms with Crippen LogP contribution in [0.3, 0.4) is 0 Å². The summed E-state index contributed by atoms with van der Waals surface area (Å²) in [7, 11) is -3.62. The number of benzene rings is 1. The smallest absolute Gasteiger partial charge is 0.317 e. The second-order valence-corrected chi connectivity index (χ2v) is 11.1. The number of rotatable bonds is 4. The van der Waals surface area contributed by atoms with Crippen LogP contribution < -0.4 is 5.32 Å².